The van der Waals surface area contributed by atoms with Crippen LogP contribution in [0.3, 0.4) is 0 Å². The van der Waals surface area contributed by atoms with Gasteiger partial charge in [-0.25, -0.2) is 4.98 Å². The van der Waals surface area contributed by atoms with Crippen LogP contribution in [0.4, 0.5) is 0 Å². The third-order valence-corrected chi connectivity index (χ3v) is 4.63. The maximum Gasteiger partial charge on any atom is 0.276 e. The zero-order valence-corrected chi connectivity index (χ0v) is 14.1. The summed E-state index contributed by atoms with van der Waals surface area (Å²) in [6.07, 6.45) is 10.5. The normalized spacial score (nSPS) is 18.1. The lowest BCUT2D eigenvalue weighted by molar-refractivity contribution is 0.0595. The van der Waals surface area contributed by atoms with Crippen molar-refractivity contribution in [2.75, 3.05) is 13.1 Å². The van der Waals surface area contributed by atoms with Gasteiger partial charge in [-0.1, -0.05) is 5.21 Å². The molecule has 3 rings (SSSR count). The van der Waals surface area contributed by atoms with E-state index >= 15 is 0 Å². The summed E-state index contributed by atoms with van der Waals surface area (Å²) in [7, 11) is 2.00. The molecule has 130 valence electrons. The Bertz CT molecular complexity index is 678. The Morgan fingerprint density at radius 2 is 2.29 bits per heavy atom. The molecule has 1 fully saturated rings. The molecule has 2 aromatic rings. The van der Waals surface area contributed by atoms with Gasteiger partial charge in [0, 0.05) is 45.0 Å². The second-order valence-electron chi connectivity index (χ2n) is 6.30. The number of amides is 1. The lowest BCUT2D eigenvalue weighted by Gasteiger charge is -2.35. The Morgan fingerprint density at radius 3 is 3.04 bits per heavy atom. The van der Waals surface area contributed by atoms with Gasteiger partial charge in [0.05, 0.1) is 12.7 Å². The second-order valence-corrected chi connectivity index (χ2v) is 6.30. The van der Waals surface area contributed by atoms with Crippen molar-refractivity contribution in [2.45, 2.75) is 44.7 Å². The summed E-state index contributed by atoms with van der Waals surface area (Å²) in [5.41, 5.74) is 5.93. The number of aromatic nitrogens is 5. The van der Waals surface area contributed by atoms with Gasteiger partial charge in [-0.05, 0) is 25.7 Å². The van der Waals surface area contributed by atoms with E-state index in [9.17, 15) is 4.79 Å². The summed E-state index contributed by atoms with van der Waals surface area (Å²) in [6.45, 7) is 1.84. The molecule has 0 aliphatic carbocycles. The molecule has 0 radical (unpaired) electrons. The molecule has 0 spiro atoms. The van der Waals surface area contributed by atoms with Gasteiger partial charge < -0.3 is 15.2 Å². The van der Waals surface area contributed by atoms with E-state index in [0.29, 0.717) is 18.8 Å². The molecule has 0 unspecified atom stereocenters. The van der Waals surface area contributed by atoms with Crippen molar-refractivity contribution in [3.05, 3.63) is 30.1 Å². The molecule has 0 saturated carbocycles. The smallest absolute Gasteiger partial charge is 0.276 e. The maximum atomic E-state index is 12.8. The highest BCUT2D eigenvalue weighted by molar-refractivity contribution is 5.92. The molecule has 1 aliphatic heterocycles. The van der Waals surface area contributed by atoms with E-state index in [1.807, 2.05) is 28.9 Å². The van der Waals surface area contributed by atoms with Gasteiger partial charge >= 0.3 is 0 Å². The second kappa shape index (κ2) is 7.57. The number of hydrogen-bond acceptors (Lipinski definition) is 5. The predicted octanol–water partition coefficient (Wildman–Crippen LogP) is 0.598. The molecule has 1 atom stereocenters. The highest BCUT2D eigenvalue weighted by Crippen LogP contribution is 2.22. The van der Waals surface area contributed by atoms with Crippen molar-refractivity contribution in [1.29, 1.82) is 0 Å². The minimum absolute atomic E-state index is 0.0252. The fraction of sp³-hybridized carbons (Fsp3) is 0.625. The maximum absolute atomic E-state index is 12.8. The van der Waals surface area contributed by atoms with Crippen molar-refractivity contribution < 1.29 is 4.79 Å². The van der Waals surface area contributed by atoms with Crippen LogP contribution in [-0.4, -0.2) is 54.5 Å². The zero-order valence-electron chi connectivity index (χ0n) is 14.1. The third-order valence-electron chi connectivity index (χ3n) is 4.63. The molecule has 2 N–H and O–H groups in total. The van der Waals surface area contributed by atoms with Gasteiger partial charge in [-0.2, -0.15) is 0 Å². The van der Waals surface area contributed by atoms with Crippen LogP contribution in [0.25, 0.3) is 0 Å². The van der Waals surface area contributed by atoms with Crippen LogP contribution in [0.2, 0.25) is 0 Å². The fourth-order valence-electron chi connectivity index (χ4n) is 3.29. The van der Waals surface area contributed by atoms with Gasteiger partial charge in [0.25, 0.3) is 5.91 Å². The first-order valence-corrected chi connectivity index (χ1v) is 8.56. The molecule has 1 amide bonds. The number of hydrogen-bond donors (Lipinski definition) is 1. The Kier molecular flexibility index (Phi) is 5.24. The Balaban J connectivity index is 1.66. The van der Waals surface area contributed by atoms with Crippen LogP contribution in [0, 0.1) is 0 Å². The summed E-state index contributed by atoms with van der Waals surface area (Å²) >= 11 is 0. The monoisotopic (exact) mass is 331 g/mol. The van der Waals surface area contributed by atoms with Crippen molar-refractivity contribution in [3.63, 3.8) is 0 Å². The number of piperidine rings is 1. The van der Waals surface area contributed by atoms with Gasteiger partial charge in [0.15, 0.2) is 5.69 Å². The zero-order chi connectivity index (χ0) is 16.9. The number of imidazole rings is 1. The van der Waals surface area contributed by atoms with Crippen LogP contribution >= 0.6 is 0 Å². The summed E-state index contributed by atoms with van der Waals surface area (Å²) in [6, 6.07) is 0.239. The van der Waals surface area contributed by atoms with E-state index in [1.165, 1.54) is 0 Å². The predicted molar refractivity (Wildman–Crippen MR) is 89.3 cm³/mol. The van der Waals surface area contributed by atoms with Gasteiger partial charge in [-0.3, -0.25) is 9.48 Å². The van der Waals surface area contributed by atoms with E-state index in [2.05, 4.69) is 15.3 Å². The van der Waals surface area contributed by atoms with E-state index < -0.39 is 0 Å². The highest BCUT2D eigenvalue weighted by Gasteiger charge is 2.29. The minimum Gasteiger partial charge on any atom is -0.338 e. The van der Waals surface area contributed by atoms with E-state index in [-0.39, 0.29) is 11.9 Å². The Labute approximate surface area is 141 Å². The summed E-state index contributed by atoms with van der Waals surface area (Å²) in [5.74, 6) is 1.03. The number of carbonyl (C=O) groups is 1. The standard InChI is InChI=1S/C16H25N7O/c1-21-11-8-18-15(21)6-5-13-4-2-3-9-23(13)16(24)14-12-22(10-7-17)20-19-14/h8,11-13H,2-7,9-10,17H2,1H3/t13-/m1/s1. The highest BCUT2D eigenvalue weighted by atomic mass is 16.2. The number of nitrogens with two attached hydrogens (primary N) is 1. The molecule has 24 heavy (non-hydrogen) atoms. The average molecular weight is 331 g/mol. The van der Waals surface area contributed by atoms with Crippen molar-refractivity contribution in [1.82, 2.24) is 29.4 Å². The van der Waals surface area contributed by atoms with Crippen molar-refractivity contribution in [3.8, 4) is 0 Å². The molecule has 1 saturated heterocycles. The first-order valence-electron chi connectivity index (χ1n) is 8.56. The summed E-state index contributed by atoms with van der Waals surface area (Å²) in [5, 5.41) is 7.99. The largest absolute Gasteiger partial charge is 0.338 e. The molecule has 0 bridgehead atoms. The number of aryl methyl sites for hydroxylation is 2. The van der Waals surface area contributed by atoms with E-state index in [4.69, 9.17) is 5.73 Å². The van der Waals surface area contributed by atoms with Gasteiger partial charge in [-0.15, -0.1) is 5.10 Å². The fourth-order valence-corrected chi connectivity index (χ4v) is 3.29. The first kappa shape index (κ1) is 16.6. The van der Waals surface area contributed by atoms with Crippen LogP contribution in [0.1, 0.15) is 42.0 Å². The molecular weight excluding hydrogens is 306 g/mol. The number of rotatable bonds is 6. The Morgan fingerprint density at radius 1 is 1.42 bits per heavy atom. The average Bonchev–Trinajstić information content (AvgIpc) is 3.22. The van der Waals surface area contributed by atoms with Crippen LogP contribution in [-0.2, 0) is 20.0 Å². The lowest BCUT2D eigenvalue weighted by atomic mass is 9.97. The quantitative estimate of drug-likeness (QED) is 0.836. The van der Waals surface area contributed by atoms with Crippen molar-refractivity contribution >= 4 is 5.91 Å². The Hall–Kier alpha value is -2.22. The van der Waals surface area contributed by atoms with Crippen molar-refractivity contribution in [2.24, 2.45) is 12.8 Å². The van der Waals surface area contributed by atoms with Crippen LogP contribution in [0.15, 0.2) is 18.6 Å². The van der Waals surface area contributed by atoms with Crippen LogP contribution < -0.4 is 5.73 Å². The molecule has 1 aliphatic rings. The number of carbonyl (C=O) groups excluding carboxylic acids is 1. The number of nitrogens with zero attached hydrogens (tertiary/aromatic N) is 6. The minimum atomic E-state index is -0.0252. The molecule has 2 aromatic heterocycles. The summed E-state index contributed by atoms with van der Waals surface area (Å²) in [4.78, 5) is 19.1. The van der Waals surface area contributed by atoms with Gasteiger partial charge in [0.2, 0.25) is 0 Å². The lowest BCUT2D eigenvalue weighted by Crippen LogP contribution is -2.44. The molecule has 8 heteroatoms. The third kappa shape index (κ3) is 3.64. The van der Waals surface area contributed by atoms with E-state index in [1.54, 1.807) is 10.9 Å². The summed E-state index contributed by atoms with van der Waals surface area (Å²) < 4.78 is 3.66. The topological polar surface area (TPSA) is 94.9 Å². The SMILES string of the molecule is Cn1ccnc1CC[C@H]1CCCCN1C(=O)c1cn(CCN)nn1. The van der Waals surface area contributed by atoms with Gasteiger partial charge in [0.1, 0.15) is 5.82 Å². The van der Waals surface area contributed by atoms with Crippen LogP contribution in [0.5, 0.6) is 0 Å². The molecule has 8 nitrogen and oxygen atoms in total. The first-order chi connectivity index (χ1) is 11.7. The van der Waals surface area contributed by atoms with E-state index in [0.717, 1.165) is 44.5 Å². The molecule has 3 heterocycles. The number of likely N-dealkylation sites (tertiary alicyclic amines) is 1. The molecular formula is C16H25N7O. The molecule has 0 aromatic carbocycles.